The maximum absolute atomic E-state index is 10.2. The summed E-state index contributed by atoms with van der Waals surface area (Å²) in [5.74, 6) is 0. The number of nitrogens with zero attached hydrogens (tertiary/aromatic N) is 4. The van der Waals surface area contributed by atoms with Gasteiger partial charge in [-0.05, 0) is 25.8 Å². The minimum absolute atomic E-state index is 0.484. The van der Waals surface area contributed by atoms with Crippen molar-refractivity contribution in [1.29, 1.82) is 0 Å². The zero-order chi connectivity index (χ0) is 13.9. The van der Waals surface area contributed by atoms with Gasteiger partial charge in [0.25, 0.3) is 0 Å². The van der Waals surface area contributed by atoms with Crippen molar-refractivity contribution in [2.75, 3.05) is 0 Å². The molecule has 0 aromatic carbocycles. The van der Waals surface area contributed by atoms with E-state index in [2.05, 4.69) is 19.7 Å². The zero-order valence-corrected chi connectivity index (χ0v) is 11.7. The van der Waals surface area contributed by atoms with Crippen molar-refractivity contribution in [2.45, 2.75) is 51.2 Å². The van der Waals surface area contributed by atoms with Gasteiger partial charge in [0.2, 0.25) is 0 Å². The van der Waals surface area contributed by atoms with Crippen LogP contribution in [-0.2, 0) is 6.42 Å². The Bertz CT molecular complexity index is 558. The van der Waals surface area contributed by atoms with E-state index in [0.717, 1.165) is 11.4 Å². The Balaban J connectivity index is 1.66. The molecule has 0 amide bonds. The molecular formula is C15H20N4O. The maximum Gasteiger partial charge on any atom is 0.103 e. The van der Waals surface area contributed by atoms with Crippen LogP contribution >= 0.6 is 0 Å². The Kier molecular flexibility index (Phi) is 3.78. The third kappa shape index (κ3) is 2.88. The molecule has 106 valence electrons. The minimum atomic E-state index is -0.643. The first-order valence-corrected chi connectivity index (χ1v) is 7.23. The summed E-state index contributed by atoms with van der Waals surface area (Å²) in [6.45, 7) is 1.88. The van der Waals surface area contributed by atoms with Crippen LogP contribution in [0.1, 0.15) is 54.9 Å². The SMILES string of the molecule is Cc1cnc(C(O)Cc2ccn(C3CCCC3)n2)cn1. The number of aryl methyl sites for hydroxylation is 1. The molecule has 1 N–H and O–H groups in total. The Labute approximate surface area is 118 Å². The second kappa shape index (κ2) is 5.71. The molecule has 1 atom stereocenters. The standard InChI is InChI=1S/C15H20N4O/c1-11-9-17-14(10-16-11)15(20)8-12-6-7-19(18-12)13-4-2-3-5-13/h6-7,9-10,13,15,20H,2-5,8H2,1H3. The first-order valence-electron chi connectivity index (χ1n) is 7.23. The van der Waals surface area contributed by atoms with E-state index in [1.54, 1.807) is 12.4 Å². The van der Waals surface area contributed by atoms with Gasteiger partial charge in [0.15, 0.2) is 0 Å². The lowest BCUT2D eigenvalue weighted by Crippen LogP contribution is -2.08. The van der Waals surface area contributed by atoms with Gasteiger partial charge >= 0.3 is 0 Å². The molecule has 5 heteroatoms. The Morgan fingerprint density at radius 3 is 2.80 bits per heavy atom. The van der Waals surface area contributed by atoms with Gasteiger partial charge in [0, 0.05) is 18.8 Å². The Morgan fingerprint density at radius 2 is 2.10 bits per heavy atom. The van der Waals surface area contributed by atoms with Crippen LogP contribution in [0.5, 0.6) is 0 Å². The first-order chi connectivity index (χ1) is 9.72. The summed E-state index contributed by atoms with van der Waals surface area (Å²) >= 11 is 0. The molecule has 1 unspecified atom stereocenters. The highest BCUT2D eigenvalue weighted by atomic mass is 16.3. The lowest BCUT2D eigenvalue weighted by molar-refractivity contribution is 0.171. The predicted octanol–water partition coefficient (Wildman–Crippen LogP) is 2.37. The molecule has 1 saturated carbocycles. The van der Waals surface area contributed by atoms with Gasteiger partial charge in [-0.15, -0.1) is 0 Å². The maximum atomic E-state index is 10.2. The van der Waals surface area contributed by atoms with Crippen molar-refractivity contribution in [3.8, 4) is 0 Å². The van der Waals surface area contributed by atoms with Gasteiger partial charge < -0.3 is 5.11 Å². The van der Waals surface area contributed by atoms with Gasteiger partial charge in [-0.3, -0.25) is 14.6 Å². The van der Waals surface area contributed by atoms with E-state index < -0.39 is 6.10 Å². The van der Waals surface area contributed by atoms with Crippen molar-refractivity contribution in [3.05, 3.63) is 41.7 Å². The molecule has 0 saturated heterocycles. The van der Waals surface area contributed by atoms with Crippen LogP contribution in [0.25, 0.3) is 0 Å². The second-order valence-electron chi connectivity index (χ2n) is 5.53. The van der Waals surface area contributed by atoms with Crippen LogP contribution in [0.2, 0.25) is 0 Å². The van der Waals surface area contributed by atoms with E-state index in [1.807, 2.05) is 19.2 Å². The summed E-state index contributed by atoms with van der Waals surface area (Å²) < 4.78 is 2.05. The van der Waals surface area contributed by atoms with Crippen LogP contribution in [0.4, 0.5) is 0 Å². The summed E-state index contributed by atoms with van der Waals surface area (Å²) in [5, 5.41) is 14.8. The molecule has 0 radical (unpaired) electrons. The minimum Gasteiger partial charge on any atom is -0.386 e. The van der Waals surface area contributed by atoms with E-state index in [9.17, 15) is 5.11 Å². The van der Waals surface area contributed by atoms with E-state index in [1.165, 1.54) is 25.7 Å². The fourth-order valence-corrected chi connectivity index (χ4v) is 2.74. The molecule has 5 nitrogen and oxygen atoms in total. The summed E-state index contributed by atoms with van der Waals surface area (Å²) in [4.78, 5) is 8.37. The van der Waals surface area contributed by atoms with Crippen molar-refractivity contribution in [2.24, 2.45) is 0 Å². The zero-order valence-electron chi connectivity index (χ0n) is 11.7. The molecule has 1 aliphatic carbocycles. The molecule has 2 heterocycles. The average molecular weight is 272 g/mol. The lowest BCUT2D eigenvalue weighted by atomic mass is 10.1. The number of aliphatic hydroxyl groups excluding tert-OH is 1. The topological polar surface area (TPSA) is 63.8 Å². The predicted molar refractivity (Wildman–Crippen MR) is 75.2 cm³/mol. The fourth-order valence-electron chi connectivity index (χ4n) is 2.74. The van der Waals surface area contributed by atoms with Crippen molar-refractivity contribution >= 4 is 0 Å². The molecule has 1 aliphatic rings. The highest BCUT2D eigenvalue weighted by molar-refractivity contribution is 5.09. The molecule has 0 bridgehead atoms. The summed E-state index contributed by atoms with van der Waals surface area (Å²) in [7, 11) is 0. The molecule has 0 spiro atoms. The summed E-state index contributed by atoms with van der Waals surface area (Å²) in [5.41, 5.74) is 2.37. The number of rotatable bonds is 4. The third-order valence-electron chi connectivity index (χ3n) is 3.91. The van der Waals surface area contributed by atoms with E-state index in [-0.39, 0.29) is 0 Å². The van der Waals surface area contributed by atoms with Crippen molar-refractivity contribution < 1.29 is 5.11 Å². The molecule has 1 fully saturated rings. The average Bonchev–Trinajstić information content (AvgIpc) is 3.09. The molecule has 3 rings (SSSR count). The van der Waals surface area contributed by atoms with Crippen LogP contribution in [0, 0.1) is 6.92 Å². The van der Waals surface area contributed by atoms with Gasteiger partial charge in [-0.2, -0.15) is 5.10 Å². The molecular weight excluding hydrogens is 252 g/mol. The molecule has 2 aromatic rings. The monoisotopic (exact) mass is 272 g/mol. The van der Waals surface area contributed by atoms with E-state index in [4.69, 9.17) is 0 Å². The van der Waals surface area contributed by atoms with Gasteiger partial charge in [0.1, 0.15) is 6.10 Å². The highest BCUT2D eigenvalue weighted by Gasteiger charge is 2.18. The molecule has 2 aromatic heterocycles. The normalized spacial score (nSPS) is 17.5. The summed E-state index contributed by atoms with van der Waals surface area (Å²) in [6.07, 6.45) is 10.2. The Hall–Kier alpha value is -1.75. The second-order valence-corrected chi connectivity index (χ2v) is 5.53. The third-order valence-corrected chi connectivity index (χ3v) is 3.91. The number of aliphatic hydroxyl groups is 1. The summed E-state index contributed by atoms with van der Waals surface area (Å²) in [6, 6.07) is 2.53. The molecule has 20 heavy (non-hydrogen) atoms. The van der Waals surface area contributed by atoms with E-state index >= 15 is 0 Å². The number of hydrogen-bond donors (Lipinski definition) is 1. The fraction of sp³-hybridized carbons (Fsp3) is 0.533. The van der Waals surface area contributed by atoms with E-state index in [0.29, 0.717) is 18.2 Å². The van der Waals surface area contributed by atoms with Crippen molar-refractivity contribution in [3.63, 3.8) is 0 Å². The van der Waals surface area contributed by atoms with Crippen LogP contribution in [0.15, 0.2) is 24.7 Å². The van der Waals surface area contributed by atoms with Crippen LogP contribution in [0.3, 0.4) is 0 Å². The lowest BCUT2D eigenvalue weighted by Gasteiger charge is -2.10. The quantitative estimate of drug-likeness (QED) is 0.928. The number of hydrogen-bond acceptors (Lipinski definition) is 4. The smallest absolute Gasteiger partial charge is 0.103 e. The van der Waals surface area contributed by atoms with Crippen LogP contribution < -0.4 is 0 Å². The number of aromatic nitrogens is 4. The van der Waals surface area contributed by atoms with Gasteiger partial charge in [-0.25, -0.2) is 0 Å². The van der Waals surface area contributed by atoms with Gasteiger partial charge in [0.05, 0.1) is 29.3 Å². The van der Waals surface area contributed by atoms with Crippen molar-refractivity contribution in [1.82, 2.24) is 19.7 Å². The Morgan fingerprint density at radius 1 is 1.30 bits per heavy atom. The largest absolute Gasteiger partial charge is 0.386 e. The van der Waals surface area contributed by atoms with Crippen LogP contribution in [-0.4, -0.2) is 24.9 Å². The first kappa shape index (κ1) is 13.2. The molecule has 0 aliphatic heterocycles. The van der Waals surface area contributed by atoms with Gasteiger partial charge in [-0.1, -0.05) is 12.8 Å². The highest BCUT2D eigenvalue weighted by Crippen LogP contribution is 2.29.